The van der Waals surface area contributed by atoms with Crippen LogP contribution in [0.5, 0.6) is 11.6 Å². The highest BCUT2D eigenvalue weighted by atomic mass is 16.5. The Morgan fingerprint density at radius 1 is 1.04 bits per heavy atom. The van der Waals surface area contributed by atoms with Crippen molar-refractivity contribution in [3.63, 3.8) is 0 Å². The highest BCUT2D eigenvalue weighted by Gasteiger charge is 2.34. The summed E-state index contributed by atoms with van der Waals surface area (Å²) in [6, 6.07) is 16.5. The van der Waals surface area contributed by atoms with Gasteiger partial charge in [0.25, 0.3) is 0 Å². The van der Waals surface area contributed by atoms with Crippen LogP contribution in [0.4, 0.5) is 0 Å². The predicted octanol–water partition coefficient (Wildman–Crippen LogP) is 4.27. The maximum Gasteiger partial charge on any atom is 0.228 e. The van der Waals surface area contributed by atoms with Crippen LogP contribution >= 0.6 is 0 Å². The van der Waals surface area contributed by atoms with Gasteiger partial charge in [-0.25, -0.2) is 14.5 Å². The van der Waals surface area contributed by atoms with Gasteiger partial charge in [-0.15, -0.1) is 0 Å². The summed E-state index contributed by atoms with van der Waals surface area (Å²) in [4.78, 5) is 13.6. The topological polar surface area (TPSA) is 65.2 Å². The first kappa shape index (κ1) is 15.3. The van der Waals surface area contributed by atoms with Crippen LogP contribution in [-0.2, 0) is 0 Å². The minimum atomic E-state index is -0.0862. The molecule has 134 valence electrons. The minimum absolute atomic E-state index is 0.0862. The SMILES string of the molecule is Cc1nc2c3c(ncn2n1)Oc1c(ccc2ccccc12)[C@@H]3c1cccnc1. The van der Waals surface area contributed by atoms with Crippen LogP contribution in [-0.4, -0.2) is 24.6 Å². The van der Waals surface area contributed by atoms with Crippen molar-refractivity contribution in [3.8, 4) is 11.6 Å². The molecule has 0 unspecified atom stereocenters. The van der Waals surface area contributed by atoms with E-state index in [0.717, 1.165) is 38.9 Å². The van der Waals surface area contributed by atoms with Gasteiger partial charge in [-0.2, -0.15) is 5.10 Å². The molecule has 0 fully saturated rings. The second-order valence-electron chi connectivity index (χ2n) is 6.92. The molecule has 4 heterocycles. The normalized spacial score (nSPS) is 15.2. The number of nitrogens with zero attached hydrogens (tertiary/aromatic N) is 5. The first-order valence-electron chi connectivity index (χ1n) is 9.11. The third-order valence-corrected chi connectivity index (χ3v) is 5.22. The van der Waals surface area contributed by atoms with Crippen molar-refractivity contribution >= 4 is 16.4 Å². The Bertz CT molecular complexity index is 1360. The van der Waals surface area contributed by atoms with Crippen LogP contribution in [0.15, 0.2) is 67.3 Å². The van der Waals surface area contributed by atoms with Crippen molar-refractivity contribution < 1.29 is 4.74 Å². The molecule has 6 heteroatoms. The fourth-order valence-corrected chi connectivity index (χ4v) is 4.05. The maximum atomic E-state index is 6.35. The zero-order valence-electron chi connectivity index (χ0n) is 15.1. The quantitative estimate of drug-likeness (QED) is 0.435. The lowest BCUT2D eigenvalue weighted by Gasteiger charge is -2.28. The zero-order chi connectivity index (χ0) is 18.7. The van der Waals surface area contributed by atoms with E-state index in [1.165, 1.54) is 0 Å². The van der Waals surface area contributed by atoms with Gasteiger partial charge in [0.05, 0.1) is 5.56 Å². The van der Waals surface area contributed by atoms with E-state index in [-0.39, 0.29) is 5.92 Å². The van der Waals surface area contributed by atoms with E-state index in [9.17, 15) is 0 Å². The highest BCUT2D eigenvalue weighted by molar-refractivity contribution is 5.91. The zero-order valence-corrected chi connectivity index (χ0v) is 15.1. The molecule has 0 aliphatic carbocycles. The molecule has 0 saturated carbocycles. The van der Waals surface area contributed by atoms with Crippen molar-refractivity contribution in [3.05, 3.63) is 89.8 Å². The number of aromatic nitrogens is 5. The summed E-state index contributed by atoms with van der Waals surface area (Å²) < 4.78 is 8.06. The molecule has 6 nitrogen and oxygen atoms in total. The van der Waals surface area contributed by atoms with Crippen LogP contribution in [0, 0.1) is 6.92 Å². The monoisotopic (exact) mass is 365 g/mol. The van der Waals surface area contributed by atoms with Gasteiger partial charge >= 0.3 is 0 Å². The van der Waals surface area contributed by atoms with E-state index < -0.39 is 0 Å². The smallest absolute Gasteiger partial charge is 0.228 e. The molecular weight excluding hydrogens is 350 g/mol. The number of fused-ring (bicyclic) bond motifs is 6. The molecule has 0 radical (unpaired) electrons. The highest BCUT2D eigenvalue weighted by Crippen LogP contribution is 2.49. The van der Waals surface area contributed by atoms with Gasteiger partial charge in [0, 0.05) is 29.3 Å². The molecule has 0 amide bonds. The number of benzene rings is 2. The average molecular weight is 365 g/mol. The van der Waals surface area contributed by atoms with Crippen molar-refractivity contribution in [1.29, 1.82) is 0 Å². The second kappa shape index (κ2) is 5.60. The molecule has 0 spiro atoms. The Morgan fingerprint density at radius 2 is 1.96 bits per heavy atom. The van der Waals surface area contributed by atoms with Gasteiger partial charge < -0.3 is 4.74 Å². The molecule has 1 atom stereocenters. The molecule has 1 aliphatic rings. The molecular formula is C22H15N5O. The summed E-state index contributed by atoms with van der Waals surface area (Å²) in [6.45, 7) is 1.88. The summed E-state index contributed by atoms with van der Waals surface area (Å²) in [5, 5.41) is 6.63. The van der Waals surface area contributed by atoms with E-state index in [1.54, 1.807) is 17.0 Å². The van der Waals surface area contributed by atoms with Crippen LogP contribution in [0.25, 0.3) is 16.4 Å². The van der Waals surface area contributed by atoms with Crippen molar-refractivity contribution in [1.82, 2.24) is 24.6 Å². The Labute approximate surface area is 160 Å². The number of ether oxygens (including phenoxy) is 1. The summed E-state index contributed by atoms with van der Waals surface area (Å²) in [7, 11) is 0. The van der Waals surface area contributed by atoms with Gasteiger partial charge in [0.2, 0.25) is 5.88 Å². The summed E-state index contributed by atoms with van der Waals surface area (Å²) in [6.07, 6.45) is 5.33. The Balaban J connectivity index is 1.73. The van der Waals surface area contributed by atoms with Crippen molar-refractivity contribution in [2.45, 2.75) is 12.8 Å². The average Bonchev–Trinajstić information content (AvgIpc) is 3.13. The van der Waals surface area contributed by atoms with E-state index in [4.69, 9.17) is 4.74 Å². The van der Waals surface area contributed by atoms with Crippen LogP contribution in [0.1, 0.15) is 28.4 Å². The van der Waals surface area contributed by atoms with Gasteiger partial charge in [-0.1, -0.05) is 42.5 Å². The summed E-state index contributed by atoms with van der Waals surface area (Å²) in [5.41, 5.74) is 3.82. The molecule has 2 aromatic carbocycles. The van der Waals surface area contributed by atoms with Gasteiger partial charge in [-0.05, 0) is 23.9 Å². The van der Waals surface area contributed by atoms with Crippen LogP contribution < -0.4 is 4.74 Å². The molecule has 6 rings (SSSR count). The molecule has 1 aliphatic heterocycles. The first-order chi connectivity index (χ1) is 13.8. The molecule has 0 saturated heterocycles. The molecule has 5 aromatic rings. The Hall–Kier alpha value is -3.80. The number of hydrogen-bond acceptors (Lipinski definition) is 5. The minimum Gasteiger partial charge on any atom is -0.438 e. The maximum absolute atomic E-state index is 6.35. The standard InChI is InChI=1S/C22H15N5O/c1-13-25-21-19-18(15-6-4-10-23-11-15)17-9-8-14-5-2-3-7-16(14)20(17)28-22(19)24-12-27(21)26-13/h2-12,18H,1H3/t18-/m0/s1. The third kappa shape index (κ3) is 2.08. The van der Waals surface area contributed by atoms with Crippen molar-refractivity contribution in [2.75, 3.05) is 0 Å². The van der Waals surface area contributed by atoms with Gasteiger partial charge in [0.1, 0.15) is 17.9 Å². The summed E-state index contributed by atoms with van der Waals surface area (Å²) in [5.74, 6) is 2.02. The van der Waals surface area contributed by atoms with Gasteiger partial charge in [0.15, 0.2) is 5.65 Å². The Kier molecular flexibility index (Phi) is 3.05. The number of rotatable bonds is 1. The summed E-state index contributed by atoms with van der Waals surface area (Å²) >= 11 is 0. The largest absolute Gasteiger partial charge is 0.438 e. The number of aryl methyl sites for hydroxylation is 1. The number of pyridine rings is 1. The van der Waals surface area contributed by atoms with Crippen molar-refractivity contribution in [2.24, 2.45) is 0 Å². The molecule has 0 N–H and O–H groups in total. The molecule has 3 aromatic heterocycles. The number of hydrogen-bond donors (Lipinski definition) is 0. The second-order valence-corrected chi connectivity index (χ2v) is 6.92. The lowest BCUT2D eigenvalue weighted by molar-refractivity contribution is 0.437. The third-order valence-electron chi connectivity index (χ3n) is 5.22. The van der Waals surface area contributed by atoms with Gasteiger partial charge in [-0.3, -0.25) is 4.98 Å². The van der Waals surface area contributed by atoms with E-state index in [1.807, 2.05) is 31.3 Å². The fraction of sp³-hybridized carbons (Fsp3) is 0.0909. The Morgan fingerprint density at radius 3 is 2.86 bits per heavy atom. The lowest BCUT2D eigenvalue weighted by Crippen LogP contribution is -2.15. The predicted molar refractivity (Wildman–Crippen MR) is 105 cm³/mol. The first-order valence-corrected chi connectivity index (χ1v) is 9.11. The van der Waals surface area contributed by atoms with E-state index in [0.29, 0.717) is 11.7 Å². The van der Waals surface area contributed by atoms with E-state index in [2.05, 4.69) is 50.4 Å². The lowest BCUT2D eigenvalue weighted by atomic mass is 9.83. The van der Waals surface area contributed by atoms with Crippen LogP contribution in [0.2, 0.25) is 0 Å². The fourth-order valence-electron chi connectivity index (χ4n) is 4.05. The molecule has 28 heavy (non-hydrogen) atoms. The van der Waals surface area contributed by atoms with Crippen LogP contribution in [0.3, 0.4) is 0 Å². The molecule has 0 bridgehead atoms. The van der Waals surface area contributed by atoms with E-state index >= 15 is 0 Å².